The van der Waals surface area contributed by atoms with E-state index in [4.69, 9.17) is 9.84 Å². The molecular weight excluding hydrogens is 164 g/mol. The van der Waals surface area contributed by atoms with Gasteiger partial charge in [0.2, 0.25) is 0 Å². The smallest absolute Gasteiger partial charge is 0.112 e. The molecule has 1 aromatic carbocycles. The van der Waals surface area contributed by atoms with E-state index >= 15 is 0 Å². The lowest BCUT2D eigenvalue weighted by atomic mass is 10.2. The summed E-state index contributed by atoms with van der Waals surface area (Å²) in [5.74, 6) is 0. The van der Waals surface area contributed by atoms with E-state index in [1.54, 1.807) is 13.0 Å². The molecule has 0 saturated carbocycles. The molecule has 0 bridgehead atoms. The van der Waals surface area contributed by atoms with Crippen LogP contribution in [0.1, 0.15) is 12.5 Å². The number of hydrogen-bond donors (Lipinski definition) is 1. The van der Waals surface area contributed by atoms with Crippen molar-refractivity contribution in [2.45, 2.75) is 19.6 Å². The number of aliphatic hydroxyl groups excluding tert-OH is 1. The van der Waals surface area contributed by atoms with Gasteiger partial charge in [0.25, 0.3) is 0 Å². The molecule has 1 N–H and O–H groups in total. The minimum atomic E-state index is -0.448. The van der Waals surface area contributed by atoms with Crippen molar-refractivity contribution in [2.75, 3.05) is 0 Å². The van der Waals surface area contributed by atoms with Gasteiger partial charge in [0.05, 0.1) is 12.4 Å². The number of hydrogen-bond acceptors (Lipinski definition) is 2. The predicted octanol–water partition coefficient (Wildman–Crippen LogP) is 2.10. The third kappa shape index (κ3) is 4.33. The highest BCUT2D eigenvalue weighted by molar-refractivity contribution is 5.13. The van der Waals surface area contributed by atoms with Crippen molar-refractivity contribution in [3.05, 3.63) is 48.2 Å². The van der Waals surface area contributed by atoms with Gasteiger partial charge in [-0.05, 0) is 18.6 Å². The van der Waals surface area contributed by atoms with E-state index in [-0.39, 0.29) is 0 Å². The molecule has 0 fully saturated rings. The van der Waals surface area contributed by atoms with Gasteiger partial charge in [-0.1, -0.05) is 30.3 Å². The number of aliphatic hydroxyl groups is 1. The number of ether oxygens (including phenoxy) is 1. The maximum atomic E-state index is 8.88. The Bertz CT molecular complexity index is 252. The first-order valence-electron chi connectivity index (χ1n) is 4.29. The Morgan fingerprint density at radius 3 is 2.69 bits per heavy atom. The van der Waals surface area contributed by atoms with Crippen LogP contribution in [-0.2, 0) is 11.3 Å². The lowest BCUT2D eigenvalue weighted by molar-refractivity contribution is 0.213. The van der Waals surface area contributed by atoms with Crippen LogP contribution in [0.2, 0.25) is 0 Å². The molecule has 1 atom stereocenters. The van der Waals surface area contributed by atoms with E-state index in [0.717, 1.165) is 5.56 Å². The maximum absolute atomic E-state index is 8.88. The summed E-state index contributed by atoms with van der Waals surface area (Å²) < 4.78 is 5.19. The van der Waals surface area contributed by atoms with Crippen molar-refractivity contribution in [2.24, 2.45) is 0 Å². The van der Waals surface area contributed by atoms with Gasteiger partial charge in [-0.25, -0.2) is 0 Å². The molecule has 0 spiro atoms. The summed E-state index contributed by atoms with van der Waals surface area (Å²) in [6.07, 6.45) is 2.68. The second-order valence-corrected chi connectivity index (χ2v) is 2.87. The van der Waals surface area contributed by atoms with Crippen LogP contribution < -0.4 is 0 Å². The normalized spacial score (nSPS) is 13.1. The van der Waals surface area contributed by atoms with Gasteiger partial charge in [0.15, 0.2) is 0 Å². The van der Waals surface area contributed by atoms with Crippen LogP contribution in [0.25, 0.3) is 0 Å². The molecular formula is C11H14O2. The second kappa shape index (κ2) is 5.38. The Morgan fingerprint density at radius 1 is 1.38 bits per heavy atom. The minimum absolute atomic E-state index is 0.448. The fourth-order valence-electron chi connectivity index (χ4n) is 0.888. The monoisotopic (exact) mass is 178 g/mol. The van der Waals surface area contributed by atoms with Gasteiger partial charge in [0, 0.05) is 0 Å². The lowest BCUT2D eigenvalue weighted by Gasteiger charge is -2.00. The largest absolute Gasteiger partial charge is 0.497 e. The van der Waals surface area contributed by atoms with Gasteiger partial charge < -0.3 is 9.84 Å². The van der Waals surface area contributed by atoms with E-state index < -0.39 is 6.10 Å². The van der Waals surface area contributed by atoms with Crippen molar-refractivity contribution in [1.82, 2.24) is 0 Å². The third-order valence-electron chi connectivity index (χ3n) is 1.55. The van der Waals surface area contributed by atoms with Crippen LogP contribution in [0.15, 0.2) is 42.7 Å². The van der Waals surface area contributed by atoms with Crippen LogP contribution in [0, 0.1) is 0 Å². The highest BCUT2D eigenvalue weighted by Gasteiger charge is 1.88. The summed E-state index contributed by atoms with van der Waals surface area (Å²) in [6, 6.07) is 9.90. The predicted molar refractivity (Wildman–Crippen MR) is 52.1 cm³/mol. The van der Waals surface area contributed by atoms with E-state index in [2.05, 4.69) is 0 Å². The summed E-state index contributed by atoms with van der Waals surface area (Å²) in [6.45, 7) is 2.23. The van der Waals surface area contributed by atoms with Gasteiger partial charge in [-0.3, -0.25) is 0 Å². The van der Waals surface area contributed by atoms with E-state index in [1.807, 2.05) is 30.3 Å². The zero-order valence-corrected chi connectivity index (χ0v) is 7.68. The molecule has 0 radical (unpaired) electrons. The van der Waals surface area contributed by atoms with Crippen LogP contribution in [0.5, 0.6) is 0 Å². The van der Waals surface area contributed by atoms with Crippen LogP contribution in [0.3, 0.4) is 0 Å². The summed E-state index contributed by atoms with van der Waals surface area (Å²) >= 11 is 0. The maximum Gasteiger partial charge on any atom is 0.112 e. The highest BCUT2D eigenvalue weighted by atomic mass is 16.5. The van der Waals surface area contributed by atoms with Gasteiger partial charge in [0.1, 0.15) is 6.61 Å². The first-order chi connectivity index (χ1) is 6.29. The van der Waals surface area contributed by atoms with Crippen molar-refractivity contribution in [3.63, 3.8) is 0 Å². The van der Waals surface area contributed by atoms with Crippen molar-refractivity contribution in [1.29, 1.82) is 0 Å². The first kappa shape index (κ1) is 9.81. The molecule has 1 aromatic rings. The molecule has 0 saturated heterocycles. The van der Waals surface area contributed by atoms with Crippen LogP contribution >= 0.6 is 0 Å². The lowest BCUT2D eigenvalue weighted by Crippen LogP contribution is -1.93. The van der Waals surface area contributed by atoms with Crippen LogP contribution in [0.4, 0.5) is 0 Å². The Kier molecular flexibility index (Phi) is 4.06. The van der Waals surface area contributed by atoms with Gasteiger partial charge in [-0.15, -0.1) is 0 Å². The average molecular weight is 178 g/mol. The molecule has 2 heteroatoms. The van der Waals surface area contributed by atoms with E-state index in [0.29, 0.717) is 6.61 Å². The standard InChI is InChI=1S/C11H14O2/c1-10(12)7-8-13-9-11-5-3-2-4-6-11/h2-8,10,12H,9H2,1H3. The Morgan fingerprint density at radius 2 is 2.08 bits per heavy atom. The molecule has 0 aliphatic carbocycles. The quantitative estimate of drug-likeness (QED) is 0.715. The summed E-state index contributed by atoms with van der Waals surface area (Å²) in [5.41, 5.74) is 1.12. The van der Waals surface area contributed by atoms with Gasteiger partial charge >= 0.3 is 0 Å². The first-order valence-corrected chi connectivity index (χ1v) is 4.29. The van der Waals surface area contributed by atoms with E-state index in [9.17, 15) is 0 Å². The van der Waals surface area contributed by atoms with Crippen molar-refractivity contribution < 1.29 is 9.84 Å². The Hall–Kier alpha value is -1.28. The molecule has 0 amide bonds. The molecule has 70 valence electrons. The second-order valence-electron chi connectivity index (χ2n) is 2.87. The zero-order chi connectivity index (χ0) is 9.52. The average Bonchev–Trinajstić information content (AvgIpc) is 2.14. The molecule has 13 heavy (non-hydrogen) atoms. The van der Waals surface area contributed by atoms with Gasteiger partial charge in [-0.2, -0.15) is 0 Å². The molecule has 2 nitrogen and oxygen atoms in total. The van der Waals surface area contributed by atoms with E-state index in [1.165, 1.54) is 6.26 Å². The molecule has 0 aromatic heterocycles. The Labute approximate surface area is 78.5 Å². The number of rotatable bonds is 4. The molecule has 0 heterocycles. The summed E-state index contributed by atoms with van der Waals surface area (Å²) in [7, 11) is 0. The fourth-order valence-corrected chi connectivity index (χ4v) is 0.888. The SMILES string of the molecule is CC(O)C=COCc1ccccc1. The molecule has 1 rings (SSSR count). The Balaban J connectivity index is 2.28. The summed E-state index contributed by atoms with van der Waals surface area (Å²) in [5, 5.41) is 8.88. The van der Waals surface area contributed by atoms with Crippen molar-refractivity contribution in [3.8, 4) is 0 Å². The highest BCUT2D eigenvalue weighted by Crippen LogP contribution is 2.00. The number of benzene rings is 1. The molecule has 0 aliphatic rings. The molecule has 1 unspecified atom stereocenters. The third-order valence-corrected chi connectivity index (χ3v) is 1.55. The van der Waals surface area contributed by atoms with Crippen LogP contribution in [-0.4, -0.2) is 11.2 Å². The summed E-state index contributed by atoms with van der Waals surface area (Å²) in [4.78, 5) is 0. The zero-order valence-electron chi connectivity index (χ0n) is 7.68. The van der Waals surface area contributed by atoms with Crippen molar-refractivity contribution >= 4 is 0 Å². The molecule has 0 aliphatic heterocycles. The minimum Gasteiger partial charge on any atom is -0.497 e. The topological polar surface area (TPSA) is 29.5 Å². The fraction of sp³-hybridized carbons (Fsp3) is 0.273.